The molecule has 3 rings (SSSR count). The van der Waals surface area contributed by atoms with E-state index in [0.717, 1.165) is 31.4 Å². The maximum absolute atomic E-state index is 12.8. The Hall–Kier alpha value is -1.65. The molecule has 1 N–H and O–H groups in total. The molecule has 0 unspecified atom stereocenters. The number of rotatable bonds is 4. The molecule has 0 atom stereocenters. The van der Waals surface area contributed by atoms with Crippen molar-refractivity contribution in [3.05, 3.63) is 29.8 Å². The summed E-state index contributed by atoms with van der Waals surface area (Å²) in [5, 5.41) is 2.53. The van der Waals surface area contributed by atoms with Gasteiger partial charge in [0.25, 0.3) is 0 Å². The number of carbonyl (C=O) groups excluding carboxylic acids is 1. The van der Waals surface area contributed by atoms with Gasteiger partial charge in [-0.2, -0.15) is 17.5 Å². The summed E-state index contributed by atoms with van der Waals surface area (Å²) in [5.74, 6) is -0.366. The van der Waals surface area contributed by atoms with Crippen LogP contribution in [-0.2, 0) is 21.0 Å². The summed E-state index contributed by atoms with van der Waals surface area (Å²) < 4.78 is 64.3. The number of amides is 1. The van der Waals surface area contributed by atoms with E-state index in [-0.39, 0.29) is 23.6 Å². The Balaban J connectivity index is 1.56. The molecule has 2 saturated heterocycles. The van der Waals surface area contributed by atoms with Gasteiger partial charge in [-0.05, 0) is 69.8 Å². The second-order valence-electron chi connectivity index (χ2n) is 9.16. The zero-order chi connectivity index (χ0) is 22.4. The first-order chi connectivity index (χ1) is 13.7. The third-order valence-electron chi connectivity index (χ3n) is 6.12. The van der Waals surface area contributed by atoms with Gasteiger partial charge in [0.05, 0.1) is 18.4 Å². The van der Waals surface area contributed by atoms with E-state index in [2.05, 4.69) is 5.32 Å². The van der Waals surface area contributed by atoms with E-state index in [1.165, 1.54) is 18.4 Å². The van der Waals surface area contributed by atoms with Crippen LogP contribution in [0.15, 0.2) is 24.3 Å². The molecule has 2 aliphatic heterocycles. The standard InChI is InChI=1S/C20H28F3N3O3S/c1-18(2)13-19(14-26(18)30(3,28)29)7-9-25(10-8-19)12-17(27)24-16-6-4-5-15(11-16)20(21,22)23/h4-6,11H,7-10,12-14H2,1-3H3,(H,24,27). The lowest BCUT2D eigenvalue weighted by Gasteiger charge is -2.39. The number of sulfonamides is 1. The van der Waals surface area contributed by atoms with Crippen LogP contribution in [0.4, 0.5) is 18.9 Å². The van der Waals surface area contributed by atoms with Crippen molar-refractivity contribution in [2.75, 3.05) is 37.8 Å². The highest BCUT2D eigenvalue weighted by molar-refractivity contribution is 7.88. The second-order valence-corrected chi connectivity index (χ2v) is 11.1. The molecule has 30 heavy (non-hydrogen) atoms. The molecule has 0 radical (unpaired) electrons. The molecule has 6 nitrogen and oxygen atoms in total. The minimum absolute atomic E-state index is 0.0888. The van der Waals surface area contributed by atoms with E-state index >= 15 is 0 Å². The Morgan fingerprint density at radius 1 is 1.20 bits per heavy atom. The van der Waals surface area contributed by atoms with Gasteiger partial charge in [-0.3, -0.25) is 9.69 Å². The summed E-state index contributed by atoms with van der Waals surface area (Å²) >= 11 is 0. The van der Waals surface area contributed by atoms with Crippen LogP contribution in [0.5, 0.6) is 0 Å². The van der Waals surface area contributed by atoms with Crippen molar-refractivity contribution in [3.63, 3.8) is 0 Å². The first kappa shape index (κ1) is 23.0. The summed E-state index contributed by atoms with van der Waals surface area (Å²) in [6.45, 7) is 5.75. The Morgan fingerprint density at radius 3 is 2.37 bits per heavy atom. The Kier molecular flexibility index (Phi) is 5.98. The number of hydrogen-bond donors (Lipinski definition) is 1. The summed E-state index contributed by atoms with van der Waals surface area (Å²) in [4.78, 5) is 14.3. The molecule has 1 spiro atoms. The van der Waals surface area contributed by atoms with Gasteiger partial charge in [0.2, 0.25) is 15.9 Å². The Bertz CT molecular complexity index is 907. The molecular formula is C20H28F3N3O3S. The molecule has 0 aliphatic carbocycles. The molecule has 0 bridgehead atoms. The largest absolute Gasteiger partial charge is 0.416 e. The number of alkyl halides is 3. The van der Waals surface area contributed by atoms with Gasteiger partial charge in [-0.1, -0.05) is 6.07 Å². The molecule has 168 valence electrons. The number of benzene rings is 1. The van der Waals surface area contributed by atoms with E-state index in [9.17, 15) is 26.4 Å². The van der Waals surface area contributed by atoms with Gasteiger partial charge in [-0.25, -0.2) is 8.42 Å². The summed E-state index contributed by atoms with van der Waals surface area (Å²) in [5.41, 5.74) is -1.22. The fourth-order valence-corrected chi connectivity index (χ4v) is 6.31. The van der Waals surface area contributed by atoms with E-state index < -0.39 is 27.3 Å². The molecule has 0 saturated carbocycles. The monoisotopic (exact) mass is 447 g/mol. The number of piperidine rings is 1. The number of halogens is 3. The fraction of sp³-hybridized carbons (Fsp3) is 0.650. The SMILES string of the molecule is CC1(C)CC2(CCN(CC(=O)Nc3cccc(C(F)(F)F)c3)CC2)CN1S(C)(=O)=O. The molecule has 1 amide bonds. The number of carbonyl (C=O) groups is 1. The highest BCUT2D eigenvalue weighted by atomic mass is 32.2. The quantitative estimate of drug-likeness (QED) is 0.770. The van der Waals surface area contributed by atoms with Gasteiger partial charge >= 0.3 is 6.18 Å². The van der Waals surface area contributed by atoms with Crippen LogP contribution in [0.25, 0.3) is 0 Å². The molecule has 1 aromatic carbocycles. The van der Waals surface area contributed by atoms with Crippen molar-refractivity contribution in [3.8, 4) is 0 Å². The van der Waals surface area contributed by atoms with Crippen LogP contribution < -0.4 is 5.32 Å². The number of anilines is 1. The van der Waals surface area contributed by atoms with E-state index in [1.54, 1.807) is 4.31 Å². The van der Waals surface area contributed by atoms with Crippen LogP contribution in [0.2, 0.25) is 0 Å². The lowest BCUT2D eigenvalue weighted by molar-refractivity contribution is -0.137. The summed E-state index contributed by atoms with van der Waals surface area (Å²) in [6, 6.07) is 4.57. The second kappa shape index (κ2) is 7.80. The maximum atomic E-state index is 12.8. The van der Waals surface area contributed by atoms with Crippen molar-refractivity contribution < 1.29 is 26.4 Å². The average molecular weight is 448 g/mol. The predicted molar refractivity (Wildman–Crippen MR) is 108 cm³/mol. The molecule has 0 aromatic heterocycles. The first-order valence-electron chi connectivity index (χ1n) is 9.88. The minimum atomic E-state index is -4.46. The smallest absolute Gasteiger partial charge is 0.325 e. The van der Waals surface area contributed by atoms with Gasteiger partial charge in [0.1, 0.15) is 0 Å². The van der Waals surface area contributed by atoms with Gasteiger partial charge < -0.3 is 5.32 Å². The number of nitrogens with zero attached hydrogens (tertiary/aromatic N) is 2. The third kappa shape index (κ3) is 5.15. The number of hydrogen-bond acceptors (Lipinski definition) is 4. The van der Waals surface area contributed by atoms with Crippen molar-refractivity contribution >= 4 is 21.6 Å². The zero-order valence-electron chi connectivity index (χ0n) is 17.4. The molecular weight excluding hydrogens is 419 g/mol. The van der Waals surface area contributed by atoms with E-state index in [4.69, 9.17) is 0 Å². The Labute approximate surface area is 175 Å². The van der Waals surface area contributed by atoms with Gasteiger partial charge in [0.15, 0.2) is 0 Å². The van der Waals surface area contributed by atoms with E-state index in [0.29, 0.717) is 19.6 Å². The highest BCUT2D eigenvalue weighted by Crippen LogP contribution is 2.48. The van der Waals surface area contributed by atoms with Crippen molar-refractivity contribution in [2.24, 2.45) is 5.41 Å². The van der Waals surface area contributed by atoms with Crippen molar-refractivity contribution in [1.82, 2.24) is 9.21 Å². The summed E-state index contributed by atoms with van der Waals surface area (Å²) in [6.07, 6.45) is -0.895. The van der Waals surface area contributed by atoms with Crippen molar-refractivity contribution in [1.29, 1.82) is 0 Å². The average Bonchev–Trinajstić information content (AvgIpc) is 2.87. The predicted octanol–water partition coefficient (Wildman–Crippen LogP) is 3.17. The third-order valence-corrected chi connectivity index (χ3v) is 7.54. The zero-order valence-corrected chi connectivity index (χ0v) is 18.2. The van der Waals surface area contributed by atoms with Crippen LogP contribution in [0, 0.1) is 5.41 Å². The number of nitrogens with one attached hydrogen (secondary N) is 1. The number of likely N-dealkylation sites (tertiary alicyclic amines) is 1. The minimum Gasteiger partial charge on any atom is -0.325 e. The highest BCUT2D eigenvalue weighted by Gasteiger charge is 2.52. The van der Waals surface area contributed by atoms with Crippen LogP contribution in [-0.4, -0.2) is 61.5 Å². The first-order valence-corrected chi connectivity index (χ1v) is 11.7. The van der Waals surface area contributed by atoms with Gasteiger partial charge in [0, 0.05) is 17.8 Å². The molecule has 2 heterocycles. The molecule has 2 fully saturated rings. The van der Waals surface area contributed by atoms with Crippen LogP contribution in [0.1, 0.15) is 38.7 Å². The fourth-order valence-electron chi connectivity index (χ4n) is 4.84. The molecule has 2 aliphatic rings. The molecule has 1 aromatic rings. The van der Waals surface area contributed by atoms with Gasteiger partial charge in [-0.15, -0.1) is 0 Å². The maximum Gasteiger partial charge on any atom is 0.416 e. The Morgan fingerprint density at radius 2 is 1.83 bits per heavy atom. The normalized spacial score (nSPS) is 22.3. The lowest BCUT2D eigenvalue weighted by Crippen LogP contribution is -2.45. The summed E-state index contributed by atoms with van der Waals surface area (Å²) in [7, 11) is -3.29. The molecule has 10 heteroatoms. The lowest BCUT2D eigenvalue weighted by atomic mass is 9.74. The topological polar surface area (TPSA) is 69.7 Å². The van der Waals surface area contributed by atoms with E-state index in [1.807, 2.05) is 18.7 Å². The van der Waals surface area contributed by atoms with Crippen LogP contribution >= 0.6 is 0 Å². The van der Waals surface area contributed by atoms with Crippen LogP contribution in [0.3, 0.4) is 0 Å². The van der Waals surface area contributed by atoms with Crippen molar-refractivity contribution in [2.45, 2.75) is 44.8 Å².